The third-order valence-corrected chi connectivity index (χ3v) is 4.88. The van der Waals surface area contributed by atoms with Crippen molar-refractivity contribution in [2.45, 2.75) is 57.9 Å². The first kappa shape index (κ1) is 13.8. The summed E-state index contributed by atoms with van der Waals surface area (Å²) in [5.74, 6) is 0. The number of likely N-dealkylation sites (N-methyl/N-ethyl adjacent to an activating group) is 1. The van der Waals surface area contributed by atoms with Gasteiger partial charge in [0, 0.05) is 6.54 Å². The Bertz CT molecular complexity index is 279. The predicted molar refractivity (Wildman–Crippen MR) is 74.3 cm³/mol. The van der Waals surface area contributed by atoms with E-state index in [0.717, 1.165) is 13.1 Å². The van der Waals surface area contributed by atoms with Crippen LogP contribution in [0.5, 0.6) is 0 Å². The summed E-state index contributed by atoms with van der Waals surface area (Å²) in [6, 6.07) is 2.38. The van der Waals surface area contributed by atoms with E-state index in [4.69, 9.17) is 5.26 Å². The zero-order valence-corrected chi connectivity index (χ0v) is 11.7. The molecule has 1 aliphatic carbocycles. The number of likely N-dealkylation sites (tertiary alicyclic amines) is 1. The molecule has 1 unspecified atom stereocenters. The lowest BCUT2D eigenvalue weighted by molar-refractivity contribution is 0.0656. The van der Waals surface area contributed by atoms with Crippen molar-refractivity contribution in [3.05, 3.63) is 0 Å². The van der Waals surface area contributed by atoms with Crippen LogP contribution in [0, 0.1) is 16.7 Å². The highest BCUT2D eigenvalue weighted by molar-refractivity contribution is 4.94. The Kier molecular flexibility index (Phi) is 5.03. The molecule has 1 saturated heterocycles. The van der Waals surface area contributed by atoms with Crippen molar-refractivity contribution in [3.63, 3.8) is 0 Å². The van der Waals surface area contributed by atoms with Crippen LogP contribution >= 0.6 is 0 Å². The molecule has 0 radical (unpaired) electrons. The summed E-state index contributed by atoms with van der Waals surface area (Å²) in [4.78, 5) is 2.48. The van der Waals surface area contributed by atoms with Crippen molar-refractivity contribution in [1.29, 1.82) is 5.26 Å². The molecule has 102 valence electrons. The van der Waals surface area contributed by atoms with Crippen molar-refractivity contribution >= 4 is 0 Å². The minimum Gasteiger partial charge on any atom is -0.301 e. The lowest BCUT2D eigenvalue weighted by atomic mass is 9.68. The molecule has 1 spiro atoms. The highest BCUT2D eigenvalue weighted by Gasteiger charge is 2.35. The van der Waals surface area contributed by atoms with Gasteiger partial charge in [0.2, 0.25) is 0 Å². The second kappa shape index (κ2) is 6.54. The number of nitriles is 1. The third kappa shape index (κ3) is 3.46. The van der Waals surface area contributed by atoms with Crippen LogP contribution in [0.2, 0.25) is 0 Å². The molecule has 0 aromatic heterocycles. The van der Waals surface area contributed by atoms with Crippen LogP contribution in [0.15, 0.2) is 0 Å². The van der Waals surface area contributed by atoms with Gasteiger partial charge >= 0.3 is 0 Å². The van der Waals surface area contributed by atoms with Gasteiger partial charge < -0.3 is 10.2 Å². The molecule has 0 aromatic carbocycles. The SMILES string of the molecule is CCNC(C#N)CN1CCC2(CCCCC2)CC1. The predicted octanol–water partition coefficient (Wildman–Crippen LogP) is 2.53. The summed E-state index contributed by atoms with van der Waals surface area (Å²) in [6.07, 6.45) is 9.96. The average Bonchev–Trinajstić information content (AvgIpc) is 2.42. The lowest BCUT2D eigenvalue weighted by Gasteiger charge is -2.44. The summed E-state index contributed by atoms with van der Waals surface area (Å²) in [6.45, 7) is 6.25. The molecule has 0 bridgehead atoms. The maximum absolute atomic E-state index is 9.09. The summed E-state index contributed by atoms with van der Waals surface area (Å²) in [7, 11) is 0. The van der Waals surface area contributed by atoms with E-state index < -0.39 is 0 Å². The molecule has 3 nitrogen and oxygen atoms in total. The number of rotatable bonds is 4. The fraction of sp³-hybridized carbons (Fsp3) is 0.933. The van der Waals surface area contributed by atoms with Gasteiger partial charge in [-0.2, -0.15) is 5.26 Å². The highest BCUT2D eigenvalue weighted by atomic mass is 15.2. The molecule has 1 aliphatic heterocycles. The Morgan fingerprint density at radius 2 is 1.83 bits per heavy atom. The minimum absolute atomic E-state index is 0.00964. The molecule has 0 aromatic rings. The van der Waals surface area contributed by atoms with E-state index in [-0.39, 0.29) is 6.04 Å². The van der Waals surface area contributed by atoms with Crippen LogP contribution < -0.4 is 5.32 Å². The molecule has 1 N–H and O–H groups in total. The molecule has 2 aliphatic rings. The molecule has 1 heterocycles. The van der Waals surface area contributed by atoms with Crippen LogP contribution in [0.25, 0.3) is 0 Å². The van der Waals surface area contributed by atoms with Crippen LogP contribution in [0.4, 0.5) is 0 Å². The maximum Gasteiger partial charge on any atom is 0.108 e. The normalized spacial score (nSPS) is 25.8. The van der Waals surface area contributed by atoms with E-state index >= 15 is 0 Å². The largest absolute Gasteiger partial charge is 0.301 e. The Balaban J connectivity index is 1.77. The molecule has 3 heteroatoms. The van der Waals surface area contributed by atoms with Crippen LogP contribution in [-0.4, -0.2) is 37.1 Å². The fourth-order valence-electron chi connectivity index (χ4n) is 3.67. The number of nitrogens with one attached hydrogen (secondary N) is 1. The topological polar surface area (TPSA) is 39.1 Å². The second-order valence-corrected chi connectivity index (χ2v) is 6.10. The first-order chi connectivity index (χ1) is 8.78. The van der Waals surface area contributed by atoms with Gasteiger partial charge in [-0.15, -0.1) is 0 Å². The van der Waals surface area contributed by atoms with Gasteiger partial charge in [0.05, 0.1) is 6.07 Å². The van der Waals surface area contributed by atoms with E-state index in [0.29, 0.717) is 5.41 Å². The fourth-order valence-corrected chi connectivity index (χ4v) is 3.67. The molecule has 18 heavy (non-hydrogen) atoms. The minimum atomic E-state index is 0.00964. The molecule has 2 fully saturated rings. The van der Waals surface area contributed by atoms with E-state index in [1.807, 2.05) is 0 Å². The molecule has 1 atom stereocenters. The van der Waals surface area contributed by atoms with Crippen molar-refractivity contribution in [2.75, 3.05) is 26.2 Å². The van der Waals surface area contributed by atoms with Crippen LogP contribution in [-0.2, 0) is 0 Å². The summed E-state index contributed by atoms with van der Waals surface area (Å²) < 4.78 is 0. The van der Waals surface area contributed by atoms with Gasteiger partial charge in [0.25, 0.3) is 0 Å². The maximum atomic E-state index is 9.09. The number of hydrogen-bond donors (Lipinski definition) is 1. The van der Waals surface area contributed by atoms with Gasteiger partial charge in [-0.1, -0.05) is 26.2 Å². The number of nitrogens with zero attached hydrogens (tertiary/aromatic N) is 2. The zero-order chi connectivity index (χ0) is 12.8. The number of piperidine rings is 1. The first-order valence-corrected chi connectivity index (χ1v) is 7.63. The Hall–Kier alpha value is -0.590. The van der Waals surface area contributed by atoms with Gasteiger partial charge in [-0.25, -0.2) is 0 Å². The van der Waals surface area contributed by atoms with Gasteiger partial charge in [0.15, 0.2) is 0 Å². The Morgan fingerprint density at radius 3 is 2.39 bits per heavy atom. The van der Waals surface area contributed by atoms with E-state index in [2.05, 4.69) is 23.2 Å². The lowest BCUT2D eigenvalue weighted by Crippen LogP contribution is -2.46. The van der Waals surface area contributed by atoms with Gasteiger partial charge in [-0.05, 0) is 50.7 Å². The Morgan fingerprint density at radius 1 is 1.17 bits per heavy atom. The van der Waals surface area contributed by atoms with Crippen molar-refractivity contribution in [2.24, 2.45) is 5.41 Å². The highest BCUT2D eigenvalue weighted by Crippen LogP contribution is 2.44. The van der Waals surface area contributed by atoms with E-state index in [9.17, 15) is 0 Å². The molecule has 2 rings (SSSR count). The average molecular weight is 249 g/mol. The zero-order valence-electron chi connectivity index (χ0n) is 11.7. The monoisotopic (exact) mass is 249 g/mol. The molecular weight excluding hydrogens is 222 g/mol. The second-order valence-electron chi connectivity index (χ2n) is 6.10. The van der Waals surface area contributed by atoms with Crippen molar-refractivity contribution < 1.29 is 0 Å². The Labute approximate surface area is 112 Å². The summed E-state index contributed by atoms with van der Waals surface area (Å²) in [5, 5.41) is 12.3. The van der Waals surface area contributed by atoms with Gasteiger partial charge in [-0.3, -0.25) is 0 Å². The molecule has 1 saturated carbocycles. The van der Waals surface area contributed by atoms with E-state index in [1.165, 1.54) is 58.0 Å². The smallest absolute Gasteiger partial charge is 0.108 e. The molecular formula is C15H27N3. The first-order valence-electron chi connectivity index (χ1n) is 7.63. The standard InChI is InChI=1S/C15H27N3/c1-2-17-14(12-16)13-18-10-8-15(9-11-18)6-4-3-5-7-15/h14,17H,2-11,13H2,1H3. The van der Waals surface area contributed by atoms with Crippen LogP contribution in [0.1, 0.15) is 51.9 Å². The third-order valence-electron chi connectivity index (χ3n) is 4.88. The molecule has 0 amide bonds. The van der Waals surface area contributed by atoms with Crippen molar-refractivity contribution in [3.8, 4) is 6.07 Å². The number of hydrogen-bond acceptors (Lipinski definition) is 3. The quantitative estimate of drug-likeness (QED) is 0.832. The van der Waals surface area contributed by atoms with Crippen molar-refractivity contribution in [1.82, 2.24) is 10.2 Å². The van der Waals surface area contributed by atoms with Crippen LogP contribution in [0.3, 0.4) is 0 Å². The van der Waals surface area contributed by atoms with E-state index in [1.54, 1.807) is 0 Å². The summed E-state index contributed by atoms with van der Waals surface area (Å²) >= 11 is 0. The van der Waals surface area contributed by atoms with Gasteiger partial charge in [0.1, 0.15) is 6.04 Å². The summed E-state index contributed by atoms with van der Waals surface area (Å²) in [5.41, 5.74) is 0.676.